The molecule has 2 unspecified atom stereocenters. The summed E-state index contributed by atoms with van der Waals surface area (Å²) >= 11 is 0. The second-order valence-corrected chi connectivity index (χ2v) is 14.1. The summed E-state index contributed by atoms with van der Waals surface area (Å²) in [4.78, 5) is 25.2. The molecule has 0 aliphatic carbocycles. The fourth-order valence-corrected chi connectivity index (χ4v) is 5.74. The molecular weight excluding hydrogens is 700 g/mol. The van der Waals surface area contributed by atoms with E-state index in [0.29, 0.717) is 12.8 Å². The van der Waals surface area contributed by atoms with E-state index in [1.54, 1.807) is 0 Å². The molecule has 1 aliphatic heterocycles. The Morgan fingerprint density at radius 2 is 1.07 bits per heavy atom. The number of aliphatic hydroxyl groups is 4. The molecule has 1 aliphatic rings. The lowest BCUT2D eigenvalue weighted by molar-refractivity contribution is -0.305. The molecule has 1 heterocycles. The number of hydrogen-bond acceptors (Lipinski definition) is 10. The molecule has 10 heteroatoms. The fourth-order valence-electron chi connectivity index (χ4n) is 5.74. The first-order valence-electron chi connectivity index (χ1n) is 21.0. The van der Waals surface area contributed by atoms with Crippen LogP contribution in [0.1, 0.15) is 142 Å². The van der Waals surface area contributed by atoms with Crippen molar-refractivity contribution in [3.8, 4) is 0 Å². The van der Waals surface area contributed by atoms with E-state index in [9.17, 15) is 30.0 Å². The highest BCUT2D eigenvalue weighted by molar-refractivity contribution is 5.70. The van der Waals surface area contributed by atoms with Gasteiger partial charge in [0.25, 0.3) is 0 Å². The van der Waals surface area contributed by atoms with Gasteiger partial charge in [-0.25, -0.2) is 0 Å². The van der Waals surface area contributed by atoms with Crippen molar-refractivity contribution in [1.29, 1.82) is 0 Å². The maximum absolute atomic E-state index is 12.7. The molecule has 0 aromatic heterocycles. The predicted octanol–water partition coefficient (Wildman–Crippen LogP) is 8.44. The predicted molar refractivity (Wildman–Crippen MR) is 219 cm³/mol. The van der Waals surface area contributed by atoms with Crippen LogP contribution in [0.3, 0.4) is 0 Å². The van der Waals surface area contributed by atoms with Gasteiger partial charge in [-0.15, -0.1) is 0 Å². The molecule has 0 aromatic carbocycles. The van der Waals surface area contributed by atoms with Gasteiger partial charge in [0.05, 0.1) is 13.2 Å². The van der Waals surface area contributed by atoms with Gasteiger partial charge in [0.2, 0.25) is 0 Å². The van der Waals surface area contributed by atoms with E-state index in [2.05, 4.69) is 86.8 Å². The molecule has 0 radical (unpaired) electrons. The van der Waals surface area contributed by atoms with E-state index in [0.717, 1.165) is 83.5 Å². The Labute approximate surface area is 332 Å². The minimum atomic E-state index is -1.61. The fraction of sp³-hybridized carbons (Fsp3) is 0.689. The van der Waals surface area contributed by atoms with Crippen molar-refractivity contribution in [2.24, 2.45) is 0 Å². The number of carbonyl (C=O) groups is 2. The van der Waals surface area contributed by atoms with Crippen LogP contribution in [0.4, 0.5) is 0 Å². The quantitative estimate of drug-likeness (QED) is 0.0291. The van der Waals surface area contributed by atoms with Gasteiger partial charge in [-0.2, -0.15) is 0 Å². The number of unbranched alkanes of at least 4 members (excludes halogenated alkanes) is 10. The average molecular weight is 775 g/mol. The first-order chi connectivity index (χ1) is 26.8. The van der Waals surface area contributed by atoms with Gasteiger partial charge < -0.3 is 39.4 Å². The van der Waals surface area contributed by atoms with Crippen LogP contribution < -0.4 is 0 Å². The highest BCUT2D eigenvalue weighted by atomic mass is 16.7. The molecule has 314 valence electrons. The molecule has 0 saturated carbocycles. The molecule has 1 saturated heterocycles. The maximum Gasteiger partial charge on any atom is 0.306 e. The zero-order valence-electron chi connectivity index (χ0n) is 33.9. The van der Waals surface area contributed by atoms with Gasteiger partial charge in [0.1, 0.15) is 31.0 Å². The maximum atomic E-state index is 12.7. The lowest BCUT2D eigenvalue weighted by Crippen LogP contribution is -2.59. The Morgan fingerprint density at radius 3 is 1.65 bits per heavy atom. The first-order valence-corrected chi connectivity index (χ1v) is 21.0. The van der Waals surface area contributed by atoms with Crippen LogP contribution in [0.2, 0.25) is 0 Å². The van der Waals surface area contributed by atoms with Crippen molar-refractivity contribution in [1.82, 2.24) is 0 Å². The molecule has 0 aromatic rings. The van der Waals surface area contributed by atoms with Gasteiger partial charge in [-0.3, -0.25) is 9.59 Å². The van der Waals surface area contributed by atoms with Crippen molar-refractivity contribution in [2.75, 3.05) is 19.8 Å². The van der Waals surface area contributed by atoms with Crippen molar-refractivity contribution in [2.45, 2.75) is 179 Å². The second kappa shape index (κ2) is 35.5. The Balaban J connectivity index is 2.41. The molecule has 6 atom stereocenters. The minimum Gasteiger partial charge on any atom is -0.462 e. The first kappa shape index (κ1) is 50.2. The van der Waals surface area contributed by atoms with Gasteiger partial charge in [0, 0.05) is 12.8 Å². The second-order valence-electron chi connectivity index (χ2n) is 14.1. The largest absolute Gasteiger partial charge is 0.462 e. The summed E-state index contributed by atoms with van der Waals surface area (Å²) in [5.74, 6) is -0.880. The summed E-state index contributed by atoms with van der Waals surface area (Å²) in [6.07, 6.45) is 36.2. The number of ether oxygens (including phenoxy) is 4. The third-order valence-electron chi connectivity index (χ3n) is 9.08. The van der Waals surface area contributed by atoms with Crippen LogP contribution >= 0.6 is 0 Å². The van der Waals surface area contributed by atoms with E-state index < -0.39 is 55.4 Å². The Hall–Kier alpha value is -2.86. The molecule has 0 amide bonds. The van der Waals surface area contributed by atoms with E-state index in [4.69, 9.17) is 18.9 Å². The molecule has 1 rings (SSSR count). The summed E-state index contributed by atoms with van der Waals surface area (Å²) < 4.78 is 22.0. The topological polar surface area (TPSA) is 152 Å². The van der Waals surface area contributed by atoms with Gasteiger partial charge in [-0.05, 0) is 83.5 Å². The Bertz CT molecular complexity index is 1120. The molecule has 0 bridgehead atoms. The third-order valence-corrected chi connectivity index (χ3v) is 9.08. The molecule has 0 spiro atoms. The number of esters is 2. The standard InChI is InChI=1S/C45H74O10/c1-3-5-7-9-11-13-15-17-19-21-23-25-27-29-31-33-40(47)52-36-38(37-53-45-44(51)43(50)42(49)39(35-46)55-45)54-41(48)34-32-30-28-26-24-22-20-18-16-14-12-10-8-6-4-2/h5,7,11-14,17-20,24,26,38-39,42-46,49-51H,3-4,6,8-10,15-16,21-23,25,27-37H2,1-2H3/b7-5+,13-11+,14-12+,19-17+,20-18+,26-24+/t38-,39-,42+,43?,44?,45-/m0/s1. The molecule has 10 nitrogen and oxygen atoms in total. The molecular formula is C45H74O10. The summed E-state index contributed by atoms with van der Waals surface area (Å²) in [6.45, 7) is 3.20. The van der Waals surface area contributed by atoms with Crippen LogP contribution in [0.5, 0.6) is 0 Å². The Kier molecular flexibility index (Phi) is 32.4. The SMILES string of the molecule is CC/C=C/C/C=C/C/C=C/CCCCCCCC(=O)OC[C@@H](CO[C@H]1O[C@@H](CO)[C@@H](O)C(O)C1O)OC(=O)CCCC/C=C/C/C=C/C/C=C/CCCCC. The van der Waals surface area contributed by atoms with Crippen molar-refractivity contribution in [3.05, 3.63) is 72.9 Å². The van der Waals surface area contributed by atoms with E-state index >= 15 is 0 Å². The summed E-state index contributed by atoms with van der Waals surface area (Å²) in [5.41, 5.74) is 0. The number of hydrogen-bond donors (Lipinski definition) is 4. The number of rotatable bonds is 33. The van der Waals surface area contributed by atoms with E-state index in [-0.39, 0.29) is 26.1 Å². The van der Waals surface area contributed by atoms with Gasteiger partial charge in [-0.1, -0.05) is 119 Å². The zero-order valence-corrected chi connectivity index (χ0v) is 33.9. The van der Waals surface area contributed by atoms with E-state index in [1.807, 2.05) is 0 Å². The lowest BCUT2D eigenvalue weighted by Gasteiger charge is -2.39. The summed E-state index contributed by atoms with van der Waals surface area (Å²) in [7, 11) is 0. The Morgan fingerprint density at radius 1 is 0.582 bits per heavy atom. The highest BCUT2D eigenvalue weighted by Gasteiger charge is 2.44. The smallest absolute Gasteiger partial charge is 0.306 e. The lowest BCUT2D eigenvalue weighted by atomic mass is 9.99. The van der Waals surface area contributed by atoms with Gasteiger partial charge in [0.15, 0.2) is 12.4 Å². The molecule has 4 N–H and O–H groups in total. The average Bonchev–Trinajstić information content (AvgIpc) is 3.18. The summed E-state index contributed by atoms with van der Waals surface area (Å²) in [6, 6.07) is 0. The van der Waals surface area contributed by atoms with Crippen molar-refractivity contribution in [3.63, 3.8) is 0 Å². The molecule has 1 fully saturated rings. The van der Waals surface area contributed by atoms with Crippen molar-refractivity contribution >= 4 is 11.9 Å². The van der Waals surface area contributed by atoms with Crippen LogP contribution in [0.25, 0.3) is 0 Å². The van der Waals surface area contributed by atoms with Crippen molar-refractivity contribution < 1.29 is 49.0 Å². The zero-order chi connectivity index (χ0) is 40.2. The van der Waals surface area contributed by atoms with Crippen LogP contribution in [0, 0.1) is 0 Å². The number of allylic oxidation sites excluding steroid dienone is 12. The highest BCUT2D eigenvalue weighted by Crippen LogP contribution is 2.22. The monoisotopic (exact) mass is 775 g/mol. The van der Waals surface area contributed by atoms with Crippen LogP contribution in [-0.4, -0.2) is 89.0 Å². The minimum absolute atomic E-state index is 0.173. The number of aliphatic hydroxyl groups excluding tert-OH is 4. The summed E-state index contributed by atoms with van der Waals surface area (Å²) in [5, 5.41) is 40.0. The van der Waals surface area contributed by atoms with Crippen LogP contribution in [-0.2, 0) is 28.5 Å². The van der Waals surface area contributed by atoms with Gasteiger partial charge >= 0.3 is 11.9 Å². The van der Waals surface area contributed by atoms with Crippen LogP contribution in [0.15, 0.2) is 72.9 Å². The normalized spacial score (nSPS) is 21.3. The number of carbonyl (C=O) groups excluding carboxylic acids is 2. The molecule has 55 heavy (non-hydrogen) atoms. The van der Waals surface area contributed by atoms with E-state index in [1.165, 1.54) is 19.3 Å². The third kappa shape index (κ3) is 27.4.